The number of nitrogens with one attached hydrogen (secondary N) is 2. The zero-order chi connectivity index (χ0) is 18.1. The Morgan fingerprint density at radius 2 is 2.23 bits per heavy atom. The second-order valence-electron chi connectivity index (χ2n) is 6.45. The van der Waals surface area contributed by atoms with Gasteiger partial charge in [0.15, 0.2) is 5.58 Å². The molecule has 26 heavy (non-hydrogen) atoms. The first kappa shape index (κ1) is 17.5. The lowest BCUT2D eigenvalue weighted by molar-refractivity contribution is 0.196. The predicted molar refractivity (Wildman–Crippen MR) is 99.8 cm³/mol. The van der Waals surface area contributed by atoms with E-state index in [0.717, 1.165) is 25.9 Å². The lowest BCUT2D eigenvalue weighted by atomic mass is 10.1. The zero-order valence-corrected chi connectivity index (χ0v) is 15.6. The molecule has 0 bridgehead atoms. The summed E-state index contributed by atoms with van der Waals surface area (Å²) >= 11 is 1.71. The average molecular weight is 393 g/mol. The number of likely N-dealkylation sites (tertiary alicyclic amines) is 1. The summed E-state index contributed by atoms with van der Waals surface area (Å²) in [6.07, 6.45) is 1.76. The summed E-state index contributed by atoms with van der Waals surface area (Å²) in [5.74, 6) is -0.598. The lowest BCUT2D eigenvalue weighted by Gasteiger charge is -2.32. The van der Waals surface area contributed by atoms with E-state index in [1.807, 2.05) is 6.07 Å². The highest BCUT2D eigenvalue weighted by molar-refractivity contribution is 7.89. The molecular formula is C17H19N3O4S2. The van der Waals surface area contributed by atoms with Crippen molar-refractivity contribution in [3.63, 3.8) is 0 Å². The number of nitrogens with zero attached hydrogens (tertiary/aromatic N) is 1. The molecule has 9 heteroatoms. The van der Waals surface area contributed by atoms with E-state index >= 15 is 0 Å². The van der Waals surface area contributed by atoms with Crippen LogP contribution in [0.15, 0.2) is 49.8 Å². The molecule has 7 nitrogen and oxygen atoms in total. The molecular weight excluding hydrogens is 374 g/mol. The third kappa shape index (κ3) is 3.75. The number of aromatic amines is 1. The summed E-state index contributed by atoms with van der Waals surface area (Å²) in [5.41, 5.74) is 0.717. The molecule has 1 aliphatic heterocycles. The highest BCUT2D eigenvalue weighted by Crippen LogP contribution is 2.20. The minimum atomic E-state index is -3.67. The number of hydrogen-bond donors (Lipinski definition) is 2. The quantitative estimate of drug-likeness (QED) is 0.692. The Morgan fingerprint density at radius 1 is 1.35 bits per heavy atom. The fraction of sp³-hybridized carbons (Fsp3) is 0.353. The third-order valence-electron chi connectivity index (χ3n) is 4.49. The SMILES string of the molecule is O=c1[nH]c2cc(S(=O)(=O)NC3CCCN(Cc4cccs4)C3)ccc2o1. The van der Waals surface area contributed by atoms with Gasteiger partial charge in [0.2, 0.25) is 10.0 Å². The van der Waals surface area contributed by atoms with Crippen LogP contribution in [0.5, 0.6) is 0 Å². The van der Waals surface area contributed by atoms with Gasteiger partial charge in [0.25, 0.3) is 0 Å². The molecule has 1 aromatic carbocycles. The van der Waals surface area contributed by atoms with Gasteiger partial charge in [-0.15, -0.1) is 11.3 Å². The Hall–Kier alpha value is -1.94. The van der Waals surface area contributed by atoms with Gasteiger partial charge < -0.3 is 4.42 Å². The minimum absolute atomic E-state index is 0.123. The molecule has 3 heterocycles. The van der Waals surface area contributed by atoms with Crippen molar-refractivity contribution in [2.45, 2.75) is 30.3 Å². The van der Waals surface area contributed by atoms with E-state index in [1.165, 1.54) is 23.1 Å². The Balaban J connectivity index is 1.48. The Kier molecular flexibility index (Phi) is 4.70. The fourth-order valence-corrected chi connectivity index (χ4v) is 5.34. The molecule has 0 radical (unpaired) electrons. The summed E-state index contributed by atoms with van der Waals surface area (Å²) in [6.45, 7) is 2.50. The number of H-pyrrole nitrogens is 1. The largest absolute Gasteiger partial charge is 0.417 e. The zero-order valence-electron chi connectivity index (χ0n) is 14.0. The molecule has 1 saturated heterocycles. The van der Waals surface area contributed by atoms with Crippen LogP contribution in [0.1, 0.15) is 17.7 Å². The normalized spacial score (nSPS) is 19.2. The van der Waals surface area contributed by atoms with Crippen molar-refractivity contribution in [1.29, 1.82) is 0 Å². The first-order valence-electron chi connectivity index (χ1n) is 8.39. The van der Waals surface area contributed by atoms with Crippen LogP contribution >= 0.6 is 11.3 Å². The highest BCUT2D eigenvalue weighted by atomic mass is 32.2. The number of thiophene rings is 1. The lowest BCUT2D eigenvalue weighted by Crippen LogP contribution is -2.47. The number of piperidine rings is 1. The second kappa shape index (κ2) is 6.99. The number of benzene rings is 1. The van der Waals surface area contributed by atoms with Gasteiger partial charge in [-0.3, -0.25) is 9.88 Å². The predicted octanol–water partition coefficient (Wildman–Crippen LogP) is 2.13. The topological polar surface area (TPSA) is 95.4 Å². The van der Waals surface area contributed by atoms with Gasteiger partial charge in [0, 0.05) is 24.0 Å². The molecule has 1 unspecified atom stereocenters. The van der Waals surface area contributed by atoms with E-state index in [0.29, 0.717) is 17.6 Å². The smallest absolute Gasteiger partial charge is 0.408 e. The molecule has 138 valence electrons. The van der Waals surface area contributed by atoms with Gasteiger partial charge in [-0.05, 0) is 49.0 Å². The third-order valence-corrected chi connectivity index (χ3v) is 6.87. The number of hydrogen-bond acceptors (Lipinski definition) is 6. The Bertz CT molecular complexity index is 1050. The van der Waals surface area contributed by atoms with Crippen molar-refractivity contribution in [1.82, 2.24) is 14.6 Å². The molecule has 0 spiro atoms. The van der Waals surface area contributed by atoms with Crippen LogP contribution in [0.2, 0.25) is 0 Å². The first-order chi connectivity index (χ1) is 12.5. The average Bonchev–Trinajstić information content (AvgIpc) is 3.22. The van der Waals surface area contributed by atoms with Crippen molar-refractivity contribution in [2.75, 3.05) is 13.1 Å². The van der Waals surface area contributed by atoms with Gasteiger partial charge in [-0.1, -0.05) is 6.07 Å². The number of rotatable bonds is 5. The van der Waals surface area contributed by atoms with Crippen LogP contribution in [0.25, 0.3) is 11.1 Å². The molecule has 2 N–H and O–H groups in total. The molecule has 0 saturated carbocycles. The molecule has 2 aromatic heterocycles. The van der Waals surface area contributed by atoms with Crippen LogP contribution in [-0.4, -0.2) is 37.4 Å². The van der Waals surface area contributed by atoms with Gasteiger partial charge in [-0.25, -0.2) is 17.9 Å². The molecule has 0 aliphatic carbocycles. The monoisotopic (exact) mass is 393 g/mol. The second-order valence-corrected chi connectivity index (χ2v) is 9.19. The minimum Gasteiger partial charge on any atom is -0.408 e. The van der Waals surface area contributed by atoms with Crippen LogP contribution in [-0.2, 0) is 16.6 Å². The fourth-order valence-electron chi connectivity index (χ4n) is 3.30. The van der Waals surface area contributed by atoms with E-state index in [4.69, 9.17) is 4.42 Å². The summed E-state index contributed by atoms with van der Waals surface area (Å²) in [7, 11) is -3.67. The van der Waals surface area contributed by atoms with Crippen molar-refractivity contribution in [3.05, 3.63) is 51.1 Å². The summed E-state index contributed by atoms with van der Waals surface area (Å²) < 4.78 is 33.2. The van der Waals surface area contributed by atoms with Gasteiger partial charge >= 0.3 is 5.76 Å². The molecule has 1 aliphatic rings. The maximum atomic E-state index is 12.7. The van der Waals surface area contributed by atoms with Crippen molar-refractivity contribution in [3.8, 4) is 0 Å². The summed E-state index contributed by atoms with van der Waals surface area (Å²) in [5, 5.41) is 2.05. The number of fused-ring (bicyclic) bond motifs is 1. The van der Waals surface area contributed by atoms with E-state index in [-0.39, 0.29) is 10.9 Å². The van der Waals surface area contributed by atoms with E-state index < -0.39 is 15.8 Å². The number of sulfonamides is 1. The van der Waals surface area contributed by atoms with Crippen LogP contribution in [0, 0.1) is 0 Å². The maximum Gasteiger partial charge on any atom is 0.417 e. The first-order valence-corrected chi connectivity index (χ1v) is 10.8. The maximum absolute atomic E-state index is 12.7. The van der Waals surface area contributed by atoms with Crippen LogP contribution in [0.4, 0.5) is 0 Å². The van der Waals surface area contributed by atoms with Crippen LogP contribution < -0.4 is 10.5 Å². The molecule has 1 fully saturated rings. The standard InChI is InChI=1S/C17H19N3O4S2/c21-17-18-15-9-14(5-6-16(15)24-17)26(22,23)19-12-3-1-7-20(10-12)11-13-4-2-8-25-13/h2,4-6,8-9,12,19H,1,3,7,10-11H2,(H,18,21). The highest BCUT2D eigenvalue weighted by Gasteiger charge is 2.25. The number of oxazole rings is 1. The van der Waals surface area contributed by atoms with Crippen molar-refractivity contribution < 1.29 is 12.8 Å². The van der Waals surface area contributed by atoms with E-state index in [2.05, 4.69) is 26.1 Å². The molecule has 4 rings (SSSR count). The van der Waals surface area contributed by atoms with Gasteiger partial charge in [-0.2, -0.15) is 0 Å². The van der Waals surface area contributed by atoms with Gasteiger partial charge in [0.05, 0.1) is 10.4 Å². The molecule has 3 aromatic rings. The summed E-state index contributed by atoms with van der Waals surface area (Å²) in [4.78, 5) is 17.4. The Morgan fingerprint density at radius 3 is 3.04 bits per heavy atom. The molecule has 0 amide bonds. The van der Waals surface area contributed by atoms with E-state index in [1.54, 1.807) is 11.3 Å². The summed E-state index contributed by atoms with van der Waals surface area (Å²) in [6, 6.07) is 8.36. The van der Waals surface area contributed by atoms with Gasteiger partial charge in [0.1, 0.15) is 0 Å². The molecule has 1 atom stereocenters. The van der Waals surface area contributed by atoms with Crippen molar-refractivity contribution >= 4 is 32.5 Å². The Labute approximate surface area is 154 Å². The number of aromatic nitrogens is 1. The van der Waals surface area contributed by atoms with Crippen molar-refractivity contribution in [2.24, 2.45) is 0 Å². The van der Waals surface area contributed by atoms with E-state index in [9.17, 15) is 13.2 Å². The van der Waals surface area contributed by atoms with Crippen LogP contribution in [0.3, 0.4) is 0 Å².